The van der Waals surface area contributed by atoms with Crippen molar-refractivity contribution in [2.75, 3.05) is 18.6 Å². The summed E-state index contributed by atoms with van der Waals surface area (Å²) in [5.74, 6) is 0.957. The molecule has 2 aliphatic rings. The van der Waals surface area contributed by atoms with Gasteiger partial charge in [-0.25, -0.2) is 0 Å². The molecule has 2 aliphatic heterocycles. The van der Waals surface area contributed by atoms with Crippen molar-refractivity contribution in [3.63, 3.8) is 0 Å². The molecule has 2 aromatic carbocycles. The van der Waals surface area contributed by atoms with Crippen LogP contribution in [0.15, 0.2) is 48.0 Å². The van der Waals surface area contributed by atoms with Gasteiger partial charge in [-0.1, -0.05) is 18.2 Å². The Bertz CT molecular complexity index is 960. The van der Waals surface area contributed by atoms with E-state index in [1.165, 1.54) is 6.92 Å². The van der Waals surface area contributed by atoms with Crippen LogP contribution in [-0.4, -0.2) is 25.4 Å². The molecular weight excluding hydrogens is 330 g/mol. The summed E-state index contributed by atoms with van der Waals surface area (Å²) >= 11 is 0. The van der Waals surface area contributed by atoms with Crippen LogP contribution in [-0.2, 0) is 9.53 Å². The molecule has 0 radical (unpaired) electrons. The number of amides is 1. The molecule has 0 aliphatic carbocycles. The van der Waals surface area contributed by atoms with Crippen molar-refractivity contribution in [1.29, 1.82) is 0 Å². The lowest BCUT2D eigenvalue weighted by Crippen LogP contribution is -2.35. The van der Waals surface area contributed by atoms with E-state index in [1.807, 2.05) is 43.3 Å². The quantitative estimate of drug-likeness (QED) is 0.844. The molecule has 132 valence electrons. The van der Waals surface area contributed by atoms with Crippen molar-refractivity contribution in [1.82, 2.24) is 0 Å². The molecule has 0 spiro atoms. The van der Waals surface area contributed by atoms with E-state index in [-0.39, 0.29) is 11.7 Å². The summed E-state index contributed by atoms with van der Waals surface area (Å²) in [5, 5.41) is 0. The highest BCUT2D eigenvalue weighted by atomic mass is 16.5. The monoisotopic (exact) mass is 349 g/mol. The highest BCUT2D eigenvalue weighted by molar-refractivity contribution is 6.18. The van der Waals surface area contributed by atoms with E-state index in [0.29, 0.717) is 34.8 Å². The predicted octanol–water partition coefficient (Wildman–Crippen LogP) is 3.75. The van der Waals surface area contributed by atoms with Crippen LogP contribution in [0.1, 0.15) is 41.4 Å². The Balaban J connectivity index is 2.06. The summed E-state index contributed by atoms with van der Waals surface area (Å²) in [6.45, 7) is 3.82. The molecule has 0 saturated heterocycles. The molecule has 26 heavy (non-hydrogen) atoms. The van der Waals surface area contributed by atoms with E-state index >= 15 is 0 Å². The van der Waals surface area contributed by atoms with Crippen LogP contribution in [0.2, 0.25) is 0 Å². The third-order valence-electron chi connectivity index (χ3n) is 4.86. The maximum atomic E-state index is 13.1. The molecule has 1 atom stereocenters. The topological polar surface area (TPSA) is 55.8 Å². The van der Waals surface area contributed by atoms with Crippen molar-refractivity contribution in [2.45, 2.75) is 19.9 Å². The first-order valence-corrected chi connectivity index (χ1v) is 8.57. The lowest BCUT2D eigenvalue weighted by molar-refractivity contribution is -0.113. The normalized spacial score (nSPS) is 17.6. The maximum absolute atomic E-state index is 13.1. The van der Waals surface area contributed by atoms with Crippen molar-refractivity contribution in [3.05, 3.63) is 64.7 Å². The maximum Gasteiger partial charge on any atom is 0.259 e. The SMILES string of the molecule is CCOC1=C(C(C)=O)C2c3ccccc3C(=O)N2c2ccc(OC)cc21. The third-order valence-corrected chi connectivity index (χ3v) is 4.86. The molecular formula is C21H19NO4. The third kappa shape index (κ3) is 2.17. The number of carbonyl (C=O) groups excluding carboxylic acids is 2. The van der Waals surface area contributed by atoms with Crippen LogP contribution in [0.4, 0.5) is 5.69 Å². The predicted molar refractivity (Wildman–Crippen MR) is 98.2 cm³/mol. The standard InChI is InChI=1S/C21H19NO4/c1-4-26-20-16-11-13(25-3)9-10-17(16)22-19(18(20)12(2)23)14-7-5-6-8-15(14)21(22)24/h5-11,19H,4H2,1-3H3. The van der Waals surface area contributed by atoms with Crippen molar-refractivity contribution in [3.8, 4) is 5.75 Å². The van der Waals surface area contributed by atoms with Gasteiger partial charge in [0.15, 0.2) is 5.78 Å². The Kier molecular flexibility index (Phi) is 3.80. The minimum atomic E-state index is -0.460. The summed E-state index contributed by atoms with van der Waals surface area (Å²) in [6.07, 6.45) is 0. The van der Waals surface area contributed by atoms with Gasteiger partial charge in [-0.2, -0.15) is 0 Å². The van der Waals surface area contributed by atoms with Gasteiger partial charge in [0.05, 0.1) is 31.0 Å². The van der Waals surface area contributed by atoms with Crippen LogP contribution in [0.3, 0.4) is 0 Å². The Morgan fingerprint density at radius 2 is 1.92 bits per heavy atom. The van der Waals surface area contributed by atoms with Crippen molar-refractivity contribution >= 4 is 23.1 Å². The Hall–Kier alpha value is -3.08. The summed E-state index contributed by atoms with van der Waals surface area (Å²) in [5.41, 5.74) is 3.39. The van der Waals surface area contributed by atoms with E-state index in [9.17, 15) is 9.59 Å². The molecule has 2 aromatic rings. The lowest BCUT2D eigenvalue weighted by Gasteiger charge is -2.35. The molecule has 0 aromatic heterocycles. The lowest BCUT2D eigenvalue weighted by atomic mass is 9.88. The second-order valence-corrected chi connectivity index (χ2v) is 6.28. The Morgan fingerprint density at radius 3 is 2.62 bits per heavy atom. The summed E-state index contributed by atoms with van der Waals surface area (Å²) < 4.78 is 11.2. The van der Waals surface area contributed by atoms with Gasteiger partial charge >= 0.3 is 0 Å². The number of nitrogens with zero attached hydrogens (tertiary/aromatic N) is 1. The first-order chi connectivity index (χ1) is 12.6. The molecule has 1 unspecified atom stereocenters. The highest BCUT2D eigenvalue weighted by Gasteiger charge is 2.46. The number of benzene rings is 2. The van der Waals surface area contributed by atoms with E-state index in [0.717, 1.165) is 11.3 Å². The average Bonchev–Trinajstić information content (AvgIpc) is 2.94. The van der Waals surface area contributed by atoms with Gasteiger partial charge < -0.3 is 9.47 Å². The zero-order valence-corrected chi connectivity index (χ0v) is 14.9. The number of ketones is 1. The number of anilines is 1. The van der Waals surface area contributed by atoms with E-state index in [4.69, 9.17) is 9.47 Å². The molecule has 0 fully saturated rings. The fourth-order valence-corrected chi connectivity index (χ4v) is 3.80. The fourth-order valence-electron chi connectivity index (χ4n) is 3.80. The van der Waals surface area contributed by atoms with Crippen LogP contribution in [0, 0.1) is 0 Å². The van der Waals surface area contributed by atoms with Gasteiger partial charge in [-0.05, 0) is 43.7 Å². The minimum Gasteiger partial charge on any atom is -0.497 e. The van der Waals surface area contributed by atoms with Gasteiger partial charge in [0, 0.05) is 11.1 Å². The van der Waals surface area contributed by atoms with Crippen LogP contribution >= 0.6 is 0 Å². The number of carbonyl (C=O) groups is 2. The van der Waals surface area contributed by atoms with Gasteiger partial charge in [0.25, 0.3) is 5.91 Å². The summed E-state index contributed by atoms with van der Waals surface area (Å²) in [4.78, 5) is 27.4. The molecule has 4 rings (SSSR count). The van der Waals surface area contributed by atoms with E-state index < -0.39 is 6.04 Å². The number of hydrogen-bond acceptors (Lipinski definition) is 4. The van der Waals surface area contributed by atoms with Gasteiger partial charge in [0.1, 0.15) is 11.5 Å². The second kappa shape index (κ2) is 6.02. The number of Topliss-reactive ketones (excluding diaryl/α,β-unsaturated/α-hetero) is 1. The molecule has 1 amide bonds. The Labute approximate surface area is 151 Å². The average molecular weight is 349 g/mol. The van der Waals surface area contributed by atoms with Crippen LogP contribution in [0.5, 0.6) is 5.75 Å². The zero-order chi connectivity index (χ0) is 18.4. The molecule has 0 saturated carbocycles. The van der Waals surface area contributed by atoms with Crippen molar-refractivity contribution < 1.29 is 19.1 Å². The van der Waals surface area contributed by atoms with Crippen molar-refractivity contribution in [2.24, 2.45) is 0 Å². The van der Waals surface area contributed by atoms with E-state index in [2.05, 4.69) is 0 Å². The molecule has 5 nitrogen and oxygen atoms in total. The number of rotatable bonds is 4. The first kappa shape index (κ1) is 16.4. The number of hydrogen-bond donors (Lipinski definition) is 0. The highest BCUT2D eigenvalue weighted by Crippen LogP contribution is 2.51. The largest absolute Gasteiger partial charge is 0.497 e. The van der Waals surface area contributed by atoms with Gasteiger partial charge in [-0.3, -0.25) is 14.5 Å². The Morgan fingerprint density at radius 1 is 1.15 bits per heavy atom. The minimum absolute atomic E-state index is 0.105. The summed E-state index contributed by atoms with van der Waals surface area (Å²) in [6, 6.07) is 12.4. The fraction of sp³-hybridized carbons (Fsp3) is 0.238. The molecule has 5 heteroatoms. The van der Waals surface area contributed by atoms with Crippen LogP contribution in [0.25, 0.3) is 5.76 Å². The number of methoxy groups -OCH3 is 1. The van der Waals surface area contributed by atoms with E-state index in [1.54, 1.807) is 18.1 Å². The second-order valence-electron chi connectivity index (χ2n) is 6.28. The smallest absolute Gasteiger partial charge is 0.259 e. The number of fused-ring (bicyclic) bond motifs is 5. The molecule has 0 N–H and O–H groups in total. The van der Waals surface area contributed by atoms with Gasteiger partial charge in [-0.15, -0.1) is 0 Å². The molecule has 0 bridgehead atoms. The summed E-state index contributed by atoms with van der Waals surface area (Å²) in [7, 11) is 1.58. The van der Waals surface area contributed by atoms with Crippen LogP contribution < -0.4 is 9.64 Å². The number of ether oxygens (including phenoxy) is 2. The van der Waals surface area contributed by atoms with Gasteiger partial charge in [0.2, 0.25) is 0 Å². The molecule has 2 heterocycles. The zero-order valence-electron chi connectivity index (χ0n) is 14.9. The first-order valence-electron chi connectivity index (χ1n) is 8.57.